The van der Waals surface area contributed by atoms with Gasteiger partial charge < -0.3 is 74.1 Å². The molecule has 3 heterocycles. The zero-order valence-electron chi connectivity index (χ0n) is 23.3. The van der Waals surface area contributed by atoms with Crippen LogP contribution in [0.25, 0.3) is 22.3 Å². The van der Waals surface area contributed by atoms with Crippen molar-refractivity contribution in [3.8, 4) is 40.1 Å². The molecule has 1 aromatic heterocycles. The first kappa shape index (κ1) is 32.2. The number of aromatic hydroxyl groups is 3. The Morgan fingerprint density at radius 3 is 2.22 bits per heavy atom. The number of ether oxygens (including phenoxy) is 5. The quantitative estimate of drug-likeness (QED) is 0.101. The first-order chi connectivity index (χ1) is 21.3. The summed E-state index contributed by atoms with van der Waals surface area (Å²) in [6.07, 6.45) is -14.2. The number of hydrogen-bond donors (Lipinski definition) is 9. The van der Waals surface area contributed by atoms with E-state index in [2.05, 4.69) is 0 Å². The Bertz CT molecular complexity index is 1620. The molecular weight excluding hydrogens is 608 g/mol. The highest BCUT2D eigenvalue weighted by Crippen LogP contribution is 2.41. The van der Waals surface area contributed by atoms with Crippen LogP contribution in [-0.4, -0.2) is 120 Å². The van der Waals surface area contributed by atoms with E-state index in [-0.39, 0.29) is 40.4 Å². The normalized spacial score (nSPS) is 30.2. The van der Waals surface area contributed by atoms with Crippen LogP contribution in [-0.2, 0) is 19.0 Å². The van der Waals surface area contributed by atoms with E-state index in [4.69, 9.17) is 28.1 Å². The van der Waals surface area contributed by atoms with Crippen molar-refractivity contribution in [1.29, 1.82) is 0 Å². The topological polar surface area (TPSA) is 275 Å². The molecule has 0 unspecified atom stereocenters. The van der Waals surface area contributed by atoms with Crippen LogP contribution in [0, 0.1) is 0 Å². The summed E-state index contributed by atoms with van der Waals surface area (Å²) in [6, 6.07) is 4.95. The van der Waals surface area contributed by atoms with Crippen molar-refractivity contribution in [3.63, 3.8) is 0 Å². The van der Waals surface area contributed by atoms with Crippen LogP contribution >= 0.6 is 0 Å². The number of esters is 1. The lowest BCUT2D eigenvalue weighted by molar-refractivity contribution is -0.277. The van der Waals surface area contributed by atoms with Gasteiger partial charge in [-0.15, -0.1) is 0 Å². The van der Waals surface area contributed by atoms with Gasteiger partial charge in [-0.1, -0.05) is 0 Å². The second kappa shape index (κ2) is 12.7. The molecular formula is C28H30O17. The summed E-state index contributed by atoms with van der Waals surface area (Å²) < 4.78 is 32.6. The van der Waals surface area contributed by atoms with Crippen molar-refractivity contribution in [2.45, 2.75) is 62.2 Å². The van der Waals surface area contributed by atoms with Crippen LogP contribution in [0.3, 0.4) is 0 Å². The third-order valence-corrected chi connectivity index (χ3v) is 7.22. The number of benzene rings is 2. The van der Waals surface area contributed by atoms with Crippen LogP contribution in [0.5, 0.6) is 28.7 Å². The molecule has 0 radical (unpaired) electrons. The number of phenols is 3. The zero-order chi connectivity index (χ0) is 32.7. The molecule has 17 nitrogen and oxygen atoms in total. The van der Waals surface area contributed by atoms with E-state index in [1.807, 2.05) is 0 Å². The molecule has 244 valence electrons. The van der Waals surface area contributed by atoms with Crippen molar-refractivity contribution in [1.82, 2.24) is 0 Å². The van der Waals surface area contributed by atoms with Gasteiger partial charge in [-0.3, -0.25) is 9.59 Å². The van der Waals surface area contributed by atoms with Crippen LogP contribution in [0.2, 0.25) is 0 Å². The molecule has 0 saturated carbocycles. The Labute approximate surface area is 252 Å². The van der Waals surface area contributed by atoms with E-state index in [0.717, 1.165) is 37.3 Å². The first-order valence-electron chi connectivity index (χ1n) is 13.4. The molecule has 0 bridgehead atoms. The average Bonchev–Trinajstić information content (AvgIpc) is 2.98. The maximum absolute atomic E-state index is 13.1. The van der Waals surface area contributed by atoms with E-state index in [0.29, 0.717) is 0 Å². The van der Waals surface area contributed by atoms with Gasteiger partial charge in [-0.25, -0.2) is 0 Å². The summed E-state index contributed by atoms with van der Waals surface area (Å²) in [5, 5.41) is 91.3. The number of hydrogen-bond acceptors (Lipinski definition) is 17. The van der Waals surface area contributed by atoms with E-state index in [9.17, 15) is 55.5 Å². The van der Waals surface area contributed by atoms with Gasteiger partial charge in [0.25, 0.3) is 0 Å². The van der Waals surface area contributed by atoms with Crippen molar-refractivity contribution >= 4 is 16.9 Å². The van der Waals surface area contributed by atoms with Gasteiger partial charge in [-0.2, -0.15) is 0 Å². The lowest BCUT2D eigenvalue weighted by Gasteiger charge is -2.39. The minimum atomic E-state index is -1.78. The van der Waals surface area contributed by atoms with Gasteiger partial charge >= 0.3 is 5.97 Å². The minimum absolute atomic E-state index is 0.156. The van der Waals surface area contributed by atoms with E-state index in [1.54, 1.807) is 0 Å². The largest absolute Gasteiger partial charge is 0.507 e. The highest BCUT2D eigenvalue weighted by atomic mass is 16.7. The van der Waals surface area contributed by atoms with Gasteiger partial charge in [0, 0.05) is 31.2 Å². The Balaban J connectivity index is 1.49. The summed E-state index contributed by atoms with van der Waals surface area (Å²) in [6.45, 7) is 0.0166. The molecule has 0 spiro atoms. The van der Waals surface area contributed by atoms with Crippen molar-refractivity contribution in [3.05, 3.63) is 40.6 Å². The number of rotatable bonds is 7. The lowest BCUT2D eigenvalue weighted by Crippen LogP contribution is -2.60. The monoisotopic (exact) mass is 638 g/mol. The van der Waals surface area contributed by atoms with E-state index < -0.39 is 90.6 Å². The summed E-state index contributed by atoms with van der Waals surface area (Å²) in [7, 11) is 0. The molecule has 3 aromatic rings. The van der Waals surface area contributed by atoms with Crippen LogP contribution in [0.15, 0.2) is 39.5 Å². The number of carbonyl (C=O) groups is 1. The maximum atomic E-state index is 13.1. The fraction of sp³-hybridized carbons (Fsp3) is 0.429. The van der Waals surface area contributed by atoms with Crippen molar-refractivity contribution < 1.29 is 78.9 Å². The Kier molecular flexibility index (Phi) is 9.06. The molecule has 5 rings (SSSR count). The summed E-state index contributed by atoms with van der Waals surface area (Å²) >= 11 is 0. The Morgan fingerprint density at radius 2 is 1.53 bits per heavy atom. The van der Waals surface area contributed by atoms with Gasteiger partial charge in [0.2, 0.25) is 12.6 Å². The minimum Gasteiger partial charge on any atom is -0.507 e. The van der Waals surface area contributed by atoms with E-state index >= 15 is 0 Å². The fourth-order valence-electron chi connectivity index (χ4n) is 4.90. The van der Waals surface area contributed by atoms with E-state index in [1.165, 1.54) is 0 Å². The third kappa shape index (κ3) is 6.33. The third-order valence-electron chi connectivity index (χ3n) is 7.22. The number of aliphatic hydroxyl groups excluding tert-OH is 6. The van der Waals surface area contributed by atoms with Gasteiger partial charge in [0.15, 0.2) is 23.0 Å². The summed E-state index contributed by atoms with van der Waals surface area (Å²) in [5.41, 5.74) is -1.23. The van der Waals surface area contributed by atoms with Gasteiger partial charge in [0.05, 0.1) is 18.8 Å². The molecule has 2 aliphatic rings. The maximum Gasteiger partial charge on any atom is 0.303 e. The predicted octanol–water partition coefficient (Wildman–Crippen LogP) is -1.86. The number of aliphatic hydroxyl groups is 6. The van der Waals surface area contributed by atoms with Crippen molar-refractivity contribution in [2.24, 2.45) is 0 Å². The molecule has 9 N–H and O–H groups in total. The molecule has 9 atom stereocenters. The molecule has 45 heavy (non-hydrogen) atoms. The van der Waals surface area contributed by atoms with Crippen molar-refractivity contribution in [2.75, 3.05) is 13.2 Å². The molecule has 0 amide bonds. The number of fused-ring (bicyclic) bond motifs is 1. The highest BCUT2D eigenvalue weighted by molar-refractivity contribution is 5.86. The SMILES string of the molecule is CC(=O)O[C@@H]1CO[C@@H](Oc2cc(O)c(O)cc2-c2cc(=O)c3c(O)cc(O[C@@H]4O[C@H](CO)[C@@H](O)[C@H](O)[C@H]4O)cc3o2)[C@H](O)[C@H]1O. The fourth-order valence-corrected chi connectivity index (χ4v) is 4.90. The molecule has 2 aromatic carbocycles. The highest BCUT2D eigenvalue weighted by Gasteiger charge is 2.45. The first-order valence-corrected chi connectivity index (χ1v) is 13.4. The zero-order valence-corrected chi connectivity index (χ0v) is 23.3. The second-order valence-corrected chi connectivity index (χ2v) is 10.4. The smallest absolute Gasteiger partial charge is 0.303 e. The molecule has 2 aliphatic heterocycles. The van der Waals surface area contributed by atoms with Crippen LogP contribution in [0.1, 0.15) is 6.92 Å². The predicted molar refractivity (Wildman–Crippen MR) is 145 cm³/mol. The molecule has 17 heteroatoms. The van der Waals surface area contributed by atoms with Gasteiger partial charge in [-0.05, 0) is 6.07 Å². The lowest BCUT2D eigenvalue weighted by atomic mass is 9.99. The Hall–Kier alpha value is -4.20. The standard InChI is InChI=1S/C28H30O17/c1-9(30)41-20-8-40-27(25(38)23(20)36)44-17-5-13(32)12(31)4-11(17)16-6-15(34)21-14(33)2-10(3-18(21)43-16)42-28-26(39)24(37)22(35)19(7-29)45-28/h2-6,19-20,22-29,31-33,35-39H,7-8H2,1H3/t19-,20-,22-,23+,24+,25-,26-,27+,28-/m1/s1. The molecule has 2 saturated heterocycles. The molecule has 2 fully saturated rings. The summed E-state index contributed by atoms with van der Waals surface area (Å²) in [5.74, 6) is -3.49. The Morgan fingerprint density at radius 1 is 0.844 bits per heavy atom. The summed E-state index contributed by atoms with van der Waals surface area (Å²) in [4.78, 5) is 24.4. The number of carbonyl (C=O) groups excluding carboxylic acids is 1. The molecule has 0 aliphatic carbocycles. The second-order valence-electron chi connectivity index (χ2n) is 10.4. The number of phenolic OH excluding ortho intramolecular Hbond substituents is 3. The van der Waals surface area contributed by atoms with Gasteiger partial charge in [0.1, 0.15) is 70.6 Å². The van der Waals surface area contributed by atoms with Crippen LogP contribution < -0.4 is 14.9 Å². The van der Waals surface area contributed by atoms with Crippen LogP contribution in [0.4, 0.5) is 0 Å². The average molecular weight is 639 g/mol.